The van der Waals surface area contributed by atoms with Crippen LogP contribution in [0.2, 0.25) is 5.15 Å². The molecule has 0 saturated carbocycles. The smallest absolute Gasteiger partial charge is 0.134 e. The summed E-state index contributed by atoms with van der Waals surface area (Å²) in [7, 11) is 0. The summed E-state index contributed by atoms with van der Waals surface area (Å²) in [6.07, 6.45) is 0. The average Bonchev–Trinajstić information content (AvgIpc) is 2.31. The number of hydrogen-bond acceptors (Lipinski definition) is 4. The minimum absolute atomic E-state index is 0.155. The minimum atomic E-state index is 0.155. The minimum Gasteiger partial charge on any atom is -0.508 e. The van der Waals surface area contributed by atoms with E-state index in [9.17, 15) is 5.11 Å². The highest BCUT2D eigenvalue weighted by molar-refractivity contribution is 6.30. The second kappa shape index (κ2) is 4.61. The van der Waals surface area contributed by atoms with Crippen LogP contribution in [0.15, 0.2) is 30.3 Å². The molecule has 0 aliphatic heterocycles. The molecule has 0 bridgehead atoms. The predicted octanol–water partition coefficient (Wildman–Crippen LogP) is 2.15. The van der Waals surface area contributed by atoms with E-state index in [1.54, 1.807) is 30.3 Å². The Morgan fingerprint density at radius 2 is 2.06 bits per heavy atom. The first-order valence-electron chi connectivity index (χ1n) is 5.06. The van der Waals surface area contributed by atoms with Gasteiger partial charge in [0.25, 0.3) is 0 Å². The first-order chi connectivity index (χ1) is 8.11. The van der Waals surface area contributed by atoms with E-state index in [-0.39, 0.29) is 12.3 Å². The Kier molecular flexibility index (Phi) is 3.17. The number of aromatic nitrogens is 1. The van der Waals surface area contributed by atoms with Gasteiger partial charge in [-0.1, -0.05) is 23.7 Å². The Morgan fingerprint density at radius 1 is 1.29 bits per heavy atom. The lowest BCUT2D eigenvalue weighted by Gasteiger charge is -2.09. The fraction of sp³-hybridized carbons (Fsp3) is 0.0833. The van der Waals surface area contributed by atoms with Crippen LogP contribution in [0.5, 0.6) is 5.75 Å². The van der Waals surface area contributed by atoms with Crippen molar-refractivity contribution in [2.24, 2.45) is 5.73 Å². The molecule has 88 valence electrons. The molecule has 17 heavy (non-hydrogen) atoms. The van der Waals surface area contributed by atoms with Gasteiger partial charge < -0.3 is 16.6 Å². The van der Waals surface area contributed by atoms with E-state index in [1.165, 1.54) is 0 Å². The number of phenols is 1. The predicted molar refractivity (Wildman–Crippen MR) is 68.7 cm³/mol. The molecule has 0 saturated heterocycles. The number of aromatic hydroxyl groups is 1. The van der Waals surface area contributed by atoms with E-state index in [2.05, 4.69) is 4.98 Å². The molecule has 0 radical (unpaired) electrons. The third kappa shape index (κ3) is 2.33. The number of anilines is 1. The molecule has 0 aliphatic carbocycles. The number of rotatable bonds is 2. The Hall–Kier alpha value is -1.78. The molecular formula is C12H12ClN3O. The number of nitrogens with two attached hydrogens (primary N) is 2. The molecular weight excluding hydrogens is 238 g/mol. The molecule has 0 aliphatic rings. The number of pyridine rings is 1. The van der Waals surface area contributed by atoms with Crippen LogP contribution in [-0.4, -0.2) is 10.1 Å². The summed E-state index contributed by atoms with van der Waals surface area (Å²) >= 11 is 5.98. The highest BCUT2D eigenvalue weighted by atomic mass is 35.5. The Labute approximate surface area is 104 Å². The third-order valence-electron chi connectivity index (χ3n) is 2.42. The van der Waals surface area contributed by atoms with Crippen LogP contribution < -0.4 is 11.5 Å². The number of phenolic OH excluding ortho intramolecular Hbond substituents is 1. The van der Waals surface area contributed by atoms with Crippen molar-refractivity contribution >= 4 is 17.3 Å². The summed E-state index contributed by atoms with van der Waals surface area (Å²) in [5.41, 5.74) is 13.9. The molecule has 0 atom stereocenters. The fourth-order valence-corrected chi connectivity index (χ4v) is 1.79. The monoisotopic (exact) mass is 249 g/mol. The molecule has 0 unspecified atom stereocenters. The van der Waals surface area contributed by atoms with Crippen LogP contribution in [0.25, 0.3) is 11.3 Å². The van der Waals surface area contributed by atoms with Gasteiger partial charge in [-0.3, -0.25) is 0 Å². The lowest BCUT2D eigenvalue weighted by molar-refractivity contribution is 0.475. The zero-order valence-electron chi connectivity index (χ0n) is 9.02. The topological polar surface area (TPSA) is 85.2 Å². The fourth-order valence-electron chi connectivity index (χ4n) is 1.58. The van der Waals surface area contributed by atoms with Crippen LogP contribution in [-0.2, 0) is 6.54 Å². The van der Waals surface area contributed by atoms with Crippen LogP contribution in [0.1, 0.15) is 5.56 Å². The summed E-state index contributed by atoms with van der Waals surface area (Å²) in [6, 6.07) is 8.38. The van der Waals surface area contributed by atoms with Gasteiger partial charge in [-0.2, -0.15) is 0 Å². The quantitative estimate of drug-likeness (QED) is 0.712. The zero-order chi connectivity index (χ0) is 12.4. The molecule has 5 heteroatoms. The molecule has 4 nitrogen and oxygen atoms in total. The van der Waals surface area contributed by atoms with E-state index in [0.717, 1.165) is 0 Å². The summed E-state index contributed by atoms with van der Waals surface area (Å²) in [5, 5.41) is 9.75. The van der Waals surface area contributed by atoms with Crippen molar-refractivity contribution in [3.8, 4) is 17.0 Å². The maximum Gasteiger partial charge on any atom is 0.134 e. The van der Waals surface area contributed by atoms with Gasteiger partial charge in [0.05, 0.1) is 11.4 Å². The lowest BCUT2D eigenvalue weighted by Crippen LogP contribution is -2.02. The van der Waals surface area contributed by atoms with E-state index in [0.29, 0.717) is 27.7 Å². The summed E-state index contributed by atoms with van der Waals surface area (Å²) in [6.45, 7) is 0.288. The first kappa shape index (κ1) is 11.7. The molecule has 0 spiro atoms. The molecule has 2 aromatic rings. The van der Waals surface area contributed by atoms with Gasteiger partial charge >= 0.3 is 0 Å². The van der Waals surface area contributed by atoms with Crippen LogP contribution in [0.4, 0.5) is 5.69 Å². The third-order valence-corrected chi connectivity index (χ3v) is 2.74. The van der Waals surface area contributed by atoms with Gasteiger partial charge in [-0.25, -0.2) is 4.98 Å². The normalized spacial score (nSPS) is 10.5. The second-order valence-corrected chi connectivity index (χ2v) is 3.99. The van der Waals surface area contributed by atoms with Crippen LogP contribution in [0.3, 0.4) is 0 Å². The van der Waals surface area contributed by atoms with Crippen molar-refractivity contribution < 1.29 is 5.11 Å². The van der Waals surface area contributed by atoms with E-state index in [4.69, 9.17) is 23.1 Å². The van der Waals surface area contributed by atoms with Gasteiger partial charge in [0.1, 0.15) is 10.9 Å². The maximum absolute atomic E-state index is 9.41. The standard InChI is InChI=1S/C12H12ClN3O/c13-12-8(6-14)5-10(15)11(16-12)7-2-1-3-9(17)4-7/h1-5,17H,6,14-15H2. The van der Waals surface area contributed by atoms with Crippen LogP contribution >= 0.6 is 11.6 Å². The Morgan fingerprint density at radius 3 is 2.71 bits per heavy atom. The van der Waals surface area contributed by atoms with Crippen molar-refractivity contribution in [2.75, 3.05) is 5.73 Å². The summed E-state index contributed by atoms with van der Waals surface area (Å²) in [4.78, 5) is 4.20. The van der Waals surface area contributed by atoms with Gasteiger partial charge in [0.15, 0.2) is 0 Å². The van der Waals surface area contributed by atoms with Gasteiger partial charge in [0.2, 0.25) is 0 Å². The highest BCUT2D eigenvalue weighted by Crippen LogP contribution is 2.29. The first-order valence-corrected chi connectivity index (χ1v) is 5.44. The number of benzene rings is 1. The highest BCUT2D eigenvalue weighted by Gasteiger charge is 2.09. The van der Waals surface area contributed by atoms with E-state index in [1.807, 2.05) is 0 Å². The van der Waals surface area contributed by atoms with E-state index < -0.39 is 0 Å². The number of halogens is 1. The van der Waals surface area contributed by atoms with Crippen molar-refractivity contribution in [1.82, 2.24) is 4.98 Å². The van der Waals surface area contributed by atoms with Crippen molar-refractivity contribution in [2.45, 2.75) is 6.54 Å². The van der Waals surface area contributed by atoms with Crippen molar-refractivity contribution in [3.63, 3.8) is 0 Å². The molecule has 0 fully saturated rings. The zero-order valence-corrected chi connectivity index (χ0v) is 9.78. The number of nitrogens with zero attached hydrogens (tertiary/aromatic N) is 1. The molecule has 0 amide bonds. The summed E-state index contributed by atoms with van der Waals surface area (Å²) in [5.74, 6) is 0.155. The van der Waals surface area contributed by atoms with Gasteiger partial charge in [0, 0.05) is 17.7 Å². The Bertz CT molecular complexity index is 557. The van der Waals surface area contributed by atoms with Crippen molar-refractivity contribution in [3.05, 3.63) is 41.0 Å². The molecule has 2 rings (SSSR count). The molecule has 1 aromatic heterocycles. The number of nitrogen functional groups attached to an aromatic ring is 1. The van der Waals surface area contributed by atoms with Gasteiger partial charge in [-0.05, 0) is 18.2 Å². The number of hydrogen-bond donors (Lipinski definition) is 3. The SMILES string of the molecule is NCc1cc(N)c(-c2cccc(O)c2)nc1Cl. The van der Waals surface area contributed by atoms with E-state index >= 15 is 0 Å². The lowest BCUT2D eigenvalue weighted by atomic mass is 10.1. The molecule has 5 N–H and O–H groups in total. The van der Waals surface area contributed by atoms with Gasteiger partial charge in [-0.15, -0.1) is 0 Å². The Balaban J connectivity index is 2.56. The molecule has 1 aromatic carbocycles. The molecule has 1 heterocycles. The average molecular weight is 250 g/mol. The summed E-state index contributed by atoms with van der Waals surface area (Å²) < 4.78 is 0. The largest absolute Gasteiger partial charge is 0.508 e. The van der Waals surface area contributed by atoms with Crippen molar-refractivity contribution in [1.29, 1.82) is 0 Å². The maximum atomic E-state index is 9.41. The second-order valence-electron chi connectivity index (χ2n) is 3.63. The van der Waals surface area contributed by atoms with Crippen LogP contribution in [0, 0.1) is 0 Å².